The summed E-state index contributed by atoms with van der Waals surface area (Å²) in [7, 11) is -1.54. The Kier molecular flexibility index (Phi) is 6.87. The van der Waals surface area contributed by atoms with E-state index in [0.29, 0.717) is 6.54 Å². The average Bonchev–Trinajstić information content (AvgIpc) is 2.85. The van der Waals surface area contributed by atoms with E-state index in [2.05, 4.69) is 9.62 Å². The molecule has 1 fully saturated rings. The Morgan fingerprint density at radius 2 is 1.74 bits per heavy atom. The molecular weight excluding hydrogens is 312 g/mol. The van der Waals surface area contributed by atoms with Crippen molar-refractivity contribution >= 4 is 10.0 Å². The highest BCUT2D eigenvalue weighted by molar-refractivity contribution is 7.89. The summed E-state index contributed by atoms with van der Waals surface area (Å²) in [4.78, 5) is 2.41. The van der Waals surface area contributed by atoms with Gasteiger partial charge in [0, 0.05) is 12.6 Å². The predicted octanol–water partition coefficient (Wildman–Crippen LogP) is 2.55. The van der Waals surface area contributed by atoms with Crippen LogP contribution in [0.4, 0.5) is 0 Å². The molecule has 0 bridgehead atoms. The summed E-state index contributed by atoms with van der Waals surface area (Å²) in [6, 6.07) is 8.02. The second kappa shape index (κ2) is 8.66. The smallest absolute Gasteiger partial charge is 0.211 e. The first-order valence-electron chi connectivity index (χ1n) is 8.41. The van der Waals surface area contributed by atoms with Gasteiger partial charge in [-0.1, -0.05) is 25.0 Å². The molecule has 1 atom stereocenters. The van der Waals surface area contributed by atoms with Crippen LogP contribution in [0.2, 0.25) is 0 Å². The first kappa shape index (κ1) is 18.2. The number of hydrogen-bond acceptors (Lipinski definition) is 4. The summed E-state index contributed by atoms with van der Waals surface area (Å²) in [5.74, 6) is 0.931. The molecule has 1 aliphatic heterocycles. The molecule has 0 aromatic heterocycles. The van der Waals surface area contributed by atoms with E-state index in [1.807, 2.05) is 24.3 Å². The van der Waals surface area contributed by atoms with E-state index >= 15 is 0 Å². The normalized spacial score (nSPS) is 18.3. The van der Waals surface area contributed by atoms with E-state index in [9.17, 15) is 8.42 Å². The molecule has 0 saturated carbocycles. The average molecular weight is 340 g/mol. The standard InChI is InChI=1S/C17H28N2O3S/c1-3-23(20,21)18-14-17(19-12-6-4-5-7-13-19)15-8-10-16(22-2)11-9-15/h8-11,17-18H,3-7,12-14H2,1-2H3. The molecule has 5 nitrogen and oxygen atoms in total. The largest absolute Gasteiger partial charge is 0.497 e. The molecule has 0 aliphatic carbocycles. The van der Waals surface area contributed by atoms with E-state index in [4.69, 9.17) is 4.74 Å². The third-order valence-corrected chi connectivity index (χ3v) is 5.83. The van der Waals surface area contributed by atoms with Crippen molar-refractivity contribution in [3.05, 3.63) is 29.8 Å². The summed E-state index contributed by atoms with van der Waals surface area (Å²) in [5, 5.41) is 0. The molecule has 1 aliphatic rings. The lowest BCUT2D eigenvalue weighted by atomic mass is 10.0. The number of nitrogens with one attached hydrogen (secondary N) is 1. The van der Waals surface area contributed by atoms with Crippen molar-refractivity contribution in [2.24, 2.45) is 0 Å². The molecule has 23 heavy (non-hydrogen) atoms. The van der Waals surface area contributed by atoms with Gasteiger partial charge in [0.05, 0.1) is 12.9 Å². The molecule has 0 spiro atoms. The van der Waals surface area contributed by atoms with Crippen LogP contribution in [-0.4, -0.2) is 45.8 Å². The molecular formula is C17H28N2O3S. The summed E-state index contributed by atoms with van der Waals surface area (Å²) < 4.78 is 31.6. The number of sulfonamides is 1. The fraction of sp³-hybridized carbons (Fsp3) is 0.647. The second-order valence-corrected chi connectivity index (χ2v) is 8.09. The molecule has 6 heteroatoms. The van der Waals surface area contributed by atoms with Gasteiger partial charge in [-0.3, -0.25) is 4.90 Å². The van der Waals surface area contributed by atoms with Gasteiger partial charge in [-0.15, -0.1) is 0 Å². The Bertz CT molecular complexity index is 564. The van der Waals surface area contributed by atoms with Gasteiger partial charge in [-0.2, -0.15) is 0 Å². The molecule has 1 aromatic rings. The van der Waals surface area contributed by atoms with Crippen LogP contribution >= 0.6 is 0 Å². The maximum atomic E-state index is 11.8. The Morgan fingerprint density at radius 3 is 2.26 bits per heavy atom. The van der Waals surface area contributed by atoms with E-state index in [1.54, 1.807) is 14.0 Å². The summed E-state index contributed by atoms with van der Waals surface area (Å²) >= 11 is 0. The SMILES string of the molecule is CCS(=O)(=O)NCC(c1ccc(OC)cc1)N1CCCCCC1. The molecule has 1 unspecified atom stereocenters. The minimum atomic E-state index is -3.18. The van der Waals surface area contributed by atoms with Crippen LogP contribution in [0.3, 0.4) is 0 Å². The first-order chi connectivity index (χ1) is 11.1. The predicted molar refractivity (Wildman–Crippen MR) is 93.2 cm³/mol. The third kappa shape index (κ3) is 5.48. The van der Waals surface area contributed by atoms with Crippen LogP contribution in [0.15, 0.2) is 24.3 Å². The van der Waals surface area contributed by atoms with Crippen molar-refractivity contribution in [2.75, 3.05) is 32.5 Å². The lowest BCUT2D eigenvalue weighted by molar-refractivity contribution is 0.206. The maximum absolute atomic E-state index is 11.8. The van der Waals surface area contributed by atoms with E-state index in [0.717, 1.165) is 24.4 Å². The van der Waals surface area contributed by atoms with Crippen LogP contribution in [0.25, 0.3) is 0 Å². The van der Waals surface area contributed by atoms with Crippen molar-refractivity contribution in [3.8, 4) is 5.75 Å². The number of nitrogens with zero attached hydrogens (tertiary/aromatic N) is 1. The van der Waals surface area contributed by atoms with Crippen molar-refractivity contribution in [2.45, 2.75) is 38.6 Å². The minimum absolute atomic E-state index is 0.0698. The molecule has 1 heterocycles. The maximum Gasteiger partial charge on any atom is 0.211 e. The first-order valence-corrected chi connectivity index (χ1v) is 10.1. The van der Waals surface area contributed by atoms with E-state index in [-0.39, 0.29) is 11.8 Å². The zero-order chi connectivity index (χ0) is 16.7. The lowest BCUT2D eigenvalue weighted by Gasteiger charge is -2.31. The van der Waals surface area contributed by atoms with Crippen LogP contribution in [0, 0.1) is 0 Å². The Labute approximate surface area is 140 Å². The fourth-order valence-corrected chi connectivity index (χ4v) is 3.61. The van der Waals surface area contributed by atoms with Gasteiger partial charge in [0.1, 0.15) is 5.75 Å². The zero-order valence-corrected chi connectivity index (χ0v) is 14.9. The van der Waals surface area contributed by atoms with Crippen molar-refractivity contribution < 1.29 is 13.2 Å². The number of benzene rings is 1. The van der Waals surface area contributed by atoms with Gasteiger partial charge in [-0.25, -0.2) is 13.1 Å². The van der Waals surface area contributed by atoms with Gasteiger partial charge in [0.15, 0.2) is 0 Å². The number of hydrogen-bond donors (Lipinski definition) is 1. The summed E-state index contributed by atoms with van der Waals surface area (Å²) in [6.07, 6.45) is 4.86. The van der Waals surface area contributed by atoms with Gasteiger partial charge in [0.25, 0.3) is 0 Å². The number of rotatable bonds is 7. The van der Waals surface area contributed by atoms with Gasteiger partial charge in [0.2, 0.25) is 10.0 Å². The van der Waals surface area contributed by atoms with Gasteiger partial charge in [-0.05, 0) is 50.6 Å². The Hall–Kier alpha value is -1.11. The molecule has 0 radical (unpaired) electrons. The summed E-state index contributed by atoms with van der Waals surface area (Å²) in [5.41, 5.74) is 1.13. The van der Waals surface area contributed by atoms with Crippen molar-refractivity contribution in [3.63, 3.8) is 0 Å². The molecule has 1 saturated heterocycles. The Balaban J connectivity index is 2.18. The number of likely N-dealkylation sites (tertiary alicyclic amines) is 1. The highest BCUT2D eigenvalue weighted by Crippen LogP contribution is 2.25. The quantitative estimate of drug-likeness (QED) is 0.829. The van der Waals surface area contributed by atoms with Crippen LogP contribution in [-0.2, 0) is 10.0 Å². The molecule has 1 N–H and O–H groups in total. The molecule has 0 amide bonds. The van der Waals surface area contributed by atoms with E-state index < -0.39 is 10.0 Å². The molecule has 2 rings (SSSR count). The lowest BCUT2D eigenvalue weighted by Crippen LogP contribution is -2.39. The second-order valence-electron chi connectivity index (χ2n) is 5.99. The highest BCUT2D eigenvalue weighted by atomic mass is 32.2. The molecule has 130 valence electrons. The topological polar surface area (TPSA) is 58.6 Å². The fourth-order valence-electron chi connectivity index (χ4n) is 3.00. The van der Waals surface area contributed by atoms with E-state index in [1.165, 1.54) is 25.7 Å². The van der Waals surface area contributed by atoms with Crippen LogP contribution in [0.1, 0.15) is 44.2 Å². The van der Waals surface area contributed by atoms with Crippen LogP contribution < -0.4 is 9.46 Å². The summed E-state index contributed by atoms with van der Waals surface area (Å²) in [6.45, 7) is 4.12. The highest BCUT2D eigenvalue weighted by Gasteiger charge is 2.23. The number of methoxy groups -OCH3 is 1. The number of ether oxygens (including phenoxy) is 1. The van der Waals surface area contributed by atoms with Crippen LogP contribution in [0.5, 0.6) is 5.75 Å². The van der Waals surface area contributed by atoms with Gasteiger partial charge >= 0.3 is 0 Å². The zero-order valence-electron chi connectivity index (χ0n) is 14.1. The third-order valence-electron chi connectivity index (χ3n) is 4.46. The Morgan fingerprint density at radius 1 is 1.13 bits per heavy atom. The van der Waals surface area contributed by atoms with Crippen molar-refractivity contribution in [1.29, 1.82) is 0 Å². The monoisotopic (exact) mass is 340 g/mol. The minimum Gasteiger partial charge on any atom is -0.497 e. The van der Waals surface area contributed by atoms with Crippen molar-refractivity contribution in [1.82, 2.24) is 9.62 Å². The molecule has 1 aromatic carbocycles. The van der Waals surface area contributed by atoms with Gasteiger partial charge < -0.3 is 4.74 Å².